The number of carbonyl (C=O) groups excluding carboxylic acids is 2. The number of rotatable bonds is 7. The van der Waals surface area contributed by atoms with E-state index in [9.17, 15) is 9.59 Å². The van der Waals surface area contributed by atoms with Crippen molar-refractivity contribution in [2.75, 3.05) is 38.6 Å². The summed E-state index contributed by atoms with van der Waals surface area (Å²) in [7, 11) is 3.67. The first kappa shape index (κ1) is 23.1. The highest BCUT2D eigenvalue weighted by molar-refractivity contribution is 5.94. The van der Waals surface area contributed by atoms with Gasteiger partial charge in [-0.25, -0.2) is 4.99 Å². The maximum Gasteiger partial charge on any atom is 0.230 e. The van der Waals surface area contributed by atoms with E-state index >= 15 is 0 Å². The van der Waals surface area contributed by atoms with Crippen molar-refractivity contribution < 1.29 is 9.59 Å². The van der Waals surface area contributed by atoms with Crippen LogP contribution in [-0.2, 0) is 16.1 Å². The van der Waals surface area contributed by atoms with Gasteiger partial charge in [0.2, 0.25) is 11.8 Å². The van der Waals surface area contributed by atoms with Crippen molar-refractivity contribution in [2.24, 2.45) is 10.4 Å². The topological polar surface area (TPSA) is 77.0 Å². The fraction of sp³-hybridized carbons (Fsp3) is 0.625. The molecule has 0 bridgehead atoms. The standard InChI is InChI=1S/C24H37N5O2/c1-4-25-23(27-18-24(14-6-7-15-24)22(31)28(2)3)26-17-19-10-12-20(13-11-19)29-16-8-5-9-21(29)30/h10-13H,4-9,14-18H2,1-3H3,(H2,25,26,27). The second-order valence-corrected chi connectivity index (χ2v) is 8.90. The van der Waals surface area contributed by atoms with Gasteiger partial charge in [-0.2, -0.15) is 0 Å². The summed E-state index contributed by atoms with van der Waals surface area (Å²) in [6.07, 6.45) is 6.74. The summed E-state index contributed by atoms with van der Waals surface area (Å²) in [6.45, 7) is 4.75. The van der Waals surface area contributed by atoms with Crippen LogP contribution in [0, 0.1) is 5.41 Å². The van der Waals surface area contributed by atoms with Gasteiger partial charge in [-0.05, 0) is 50.3 Å². The predicted molar refractivity (Wildman–Crippen MR) is 125 cm³/mol. The van der Waals surface area contributed by atoms with Crippen molar-refractivity contribution in [1.82, 2.24) is 15.5 Å². The van der Waals surface area contributed by atoms with Crippen molar-refractivity contribution in [3.8, 4) is 0 Å². The number of amides is 2. The molecule has 0 radical (unpaired) electrons. The van der Waals surface area contributed by atoms with E-state index < -0.39 is 0 Å². The van der Waals surface area contributed by atoms with E-state index in [1.807, 2.05) is 50.2 Å². The molecule has 31 heavy (non-hydrogen) atoms. The minimum atomic E-state index is -0.331. The molecule has 2 aliphatic rings. The molecule has 1 saturated heterocycles. The van der Waals surface area contributed by atoms with Gasteiger partial charge in [-0.3, -0.25) is 9.59 Å². The van der Waals surface area contributed by atoms with Crippen molar-refractivity contribution >= 4 is 23.5 Å². The van der Waals surface area contributed by atoms with Crippen molar-refractivity contribution in [2.45, 2.75) is 58.4 Å². The van der Waals surface area contributed by atoms with Gasteiger partial charge in [0.15, 0.2) is 5.96 Å². The molecule has 2 amide bonds. The number of nitrogens with zero attached hydrogens (tertiary/aromatic N) is 3. The zero-order valence-corrected chi connectivity index (χ0v) is 19.2. The smallest absolute Gasteiger partial charge is 0.230 e. The maximum absolute atomic E-state index is 12.8. The molecule has 7 heteroatoms. The van der Waals surface area contributed by atoms with Crippen LogP contribution in [0.4, 0.5) is 5.69 Å². The van der Waals surface area contributed by atoms with Crippen molar-refractivity contribution in [1.29, 1.82) is 0 Å². The van der Waals surface area contributed by atoms with Gasteiger partial charge in [0.1, 0.15) is 0 Å². The minimum absolute atomic E-state index is 0.205. The summed E-state index contributed by atoms with van der Waals surface area (Å²) in [5.74, 6) is 1.15. The lowest BCUT2D eigenvalue weighted by Gasteiger charge is -2.31. The first-order valence-corrected chi connectivity index (χ1v) is 11.6. The van der Waals surface area contributed by atoms with Crippen LogP contribution in [0.2, 0.25) is 0 Å². The second kappa shape index (κ2) is 10.6. The lowest BCUT2D eigenvalue weighted by Crippen LogP contribution is -2.49. The average Bonchev–Trinajstić information content (AvgIpc) is 3.26. The highest BCUT2D eigenvalue weighted by Gasteiger charge is 2.42. The highest BCUT2D eigenvalue weighted by atomic mass is 16.2. The summed E-state index contributed by atoms with van der Waals surface area (Å²) in [6, 6.07) is 8.10. The normalized spacial score (nSPS) is 18.7. The van der Waals surface area contributed by atoms with Crippen LogP contribution in [0.25, 0.3) is 0 Å². The van der Waals surface area contributed by atoms with E-state index in [0.29, 0.717) is 19.5 Å². The highest BCUT2D eigenvalue weighted by Crippen LogP contribution is 2.38. The monoisotopic (exact) mass is 427 g/mol. The van der Waals surface area contributed by atoms with Crippen LogP contribution in [0.15, 0.2) is 29.3 Å². The molecule has 1 aromatic rings. The van der Waals surface area contributed by atoms with Gasteiger partial charge in [-0.15, -0.1) is 0 Å². The molecule has 7 nitrogen and oxygen atoms in total. The first-order chi connectivity index (χ1) is 14.9. The number of aliphatic imine (C=N–C) groups is 1. The Morgan fingerprint density at radius 2 is 1.81 bits per heavy atom. The van der Waals surface area contributed by atoms with Gasteiger partial charge in [0, 0.05) is 45.8 Å². The van der Waals surface area contributed by atoms with E-state index in [4.69, 9.17) is 4.99 Å². The van der Waals surface area contributed by atoms with E-state index in [-0.39, 0.29) is 17.2 Å². The van der Waals surface area contributed by atoms with Crippen LogP contribution in [0.1, 0.15) is 57.4 Å². The lowest BCUT2D eigenvalue weighted by molar-refractivity contribution is -0.138. The Morgan fingerprint density at radius 1 is 1.10 bits per heavy atom. The molecule has 0 atom stereocenters. The molecular weight excluding hydrogens is 390 g/mol. The third kappa shape index (κ3) is 5.77. The van der Waals surface area contributed by atoms with Crippen LogP contribution in [0.3, 0.4) is 0 Å². The number of nitrogens with one attached hydrogen (secondary N) is 2. The lowest BCUT2D eigenvalue weighted by atomic mass is 9.84. The fourth-order valence-electron chi connectivity index (χ4n) is 4.62. The van der Waals surface area contributed by atoms with Gasteiger partial charge < -0.3 is 20.4 Å². The number of hydrogen-bond donors (Lipinski definition) is 2. The second-order valence-electron chi connectivity index (χ2n) is 8.90. The number of piperidine rings is 1. The molecule has 1 aromatic carbocycles. The molecule has 0 aromatic heterocycles. The quantitative estimate of drug-likeness (QED) is 0.518. The van der Waals surface area contributed by atoms with E-state index in [2.05, 4.69) is 10.6 Å². The Hall–Kier alpha value is -2.57. The molecule has 170 valence electrons. The Morgan fingerprint density at radius 3 is 2.42 bits per heavy atom. The average molecular weight is 428 g/mol. The number of benzene rings is 1. The summed E-state index contributed by atoms with van der Waals surface area (Å²) in [4.78, 5) is 33.2. The molecule has 2 fully saturated rings. The van der Waals surface area contributed by atoms with E-state index in [1.54, 1.807) is 4.90 Å². The van der Waals surface area contributed by atoms with Gasteiger partial charge >= 0.3 is 0 Å². The van der Waals surface area contributed by atoms with Crippen LogP contribution >= 0.6 is 0 Å². The third-order valence-corrected chi connectivity index (χ3v) is 6.35. The maximum atomic E-state index is 12.8. The minimum Gasteiger partial charge on any atom is -0.357 e. The number of carbonyl (C=O) groups is 2. The largest absolute Gasteiger partial charge is 0.357 e. The summed E-state index contributed by atoms with van der Waals surface area (Å²) >= 11 is 0. The Balaban J connectivity index is 1.62. The molecule has 1 aliphatic carbocycles. The summed E-state index contributed by atoms with van der Waals surface area (Å²) in [5.41, 5.74) is 1.72. The van der Waals surface area contributed by atoms with Gasteiger partial charge in [-0.1, -0.05) is 25.0 Å². The Kier molecular flexibility index (Phi) is 7.93. The fourth-order valence-corrected chi connectivity index (χ4v) is 4.62. The zero-order valence-electron chi connectivity index (χ0n) is 19.2. The summed E-state index contributed by atoms with van der Waals surface area (Å²) < 4.78 is 0. The van der Waals surface area contributed by atoms with Crippen molar-refractivity contribution in [3.63, 3.8) is 0 Å². The number of anilines is 1. The molecule has 3 rings (SSSR count). The van der Waals surface area contributed by atoms with E-state index in [1.165, 1.54) is 0 Å². The number of hydrogen-bond acceptors (Lipinski definition) is 3. The van der Waals surface area contributed by atoms with Crippen molar-refractivity contribution in [3.05, 3.63) is 29.8 Å². The molecule has 1 saturated carbocycles. The SMILES string of the molecule is CCNC(=NCc1ccc(N2CCCCC2=O)cc1)NCC1(C(=O)N(C)C)CCCC1. The molecule has 0 unspecified atom stereocenters. The predicted octanol–water partition coefficient (Wildman–Crippen LogP) is 2.91. The zero-order chi connectivity index (χ0) is 22.3. The van der Waals surface area contributed by atoms with Crippen LogP contribution < -0.4 is 15.5 Å². The molecule has 0 spiro atoms. The van der Waals surface area contributed by atoms with Gasteiger partial charge in [0.25, 0.3) is 0 Å². The van der Waals surface area contributed by atoms with E-state index in [0.717, 1.165) is 68.8 Å². The third-order valence-electron chi connectivity index (χ3n) is 6.35. The molecule has 2 N–H and O–H groups in total. The Labute approximate surface area is 186 Å². The van der Waals surface area contributed by atoms with Gasteiger partial charge in [0.05, 0.1) is 12.0 Å². The van der Waals surface area contributed by atoms with Crippen LogP contribution in [-0.4, -0.2) is 56.4 Å². The van der Waals surface area contributed by atoms with Crippen LogP contribution in [0.5, 0.6) is 0 Å². The molecular formula is C24H37N5O2. The first-order valence-electron chi connectivity index (χ1n) is 11.6. The Bertz CT molecular complexity index is 782. The molecule has 1 heterocycles. The summed E-state index contributed by atoms with van der Waals surface area (Å²) in [5, 5.41) is 6.71. The molecule has 1 aliphatic heterocycles. The number of guanidine groups is 1.